The number of piperazine rings is 1. The summed E-state index contributed by atoms with van der Waals surface area (Å²) in [7, 11) is 0. The molecule has 1 atom stereocenters. The Hall–Kier alpha value is -2.86. The van der Waals surface area contributed by atoms with Crippen molar-refractivity contribution in [2.24, 2.45) is 5.92 Å². The fourth-order valence-corrected chi connectivity index (χ4v) is 6.41. The highest BCUT2D eigenvalue weighted by Crippen LogP contribution is 2.33. The zero-order valence-corrected chi connectivity index (χ0v) is 24.8. The molecular weight excluding hydrogens is 541 g/mol. The summed E-state index contributed by atoms with van der Waals surface area (Å²) >= 11 is 12.6. The van der Waals surface area contributed by atoms with E-state index < -0.39 is 0 Å². The number of benzene rings is 3. The first-order valence-electron chi connectivity index (χ1n) is 14.1. The molecule has 3 aromatic carbocycles. The van der Waals surface area contributed by atoms with Gasteiger partial charge in [-0.15, -0.1) is 0 Å². The highest BCUT2D eigenvalue weighted by Gasteiger charge is 2.35. The van der Waals surface area contributed by atoms with E-state index >= 15 is 0 Å². The summed E-state index contributed by atoms with van der Waals surface area (Å²) in [5, 5.41) is 0.930. The molecular formula is C33H37Cl2N3O2. The molecule has 0 saturated carbocycles. The third-order valence-electron chi connectivity index (χ3n) is 8.20. The quantitative estimate of drug-likeness (QED) is 0.319. The number of amides is 2. The molecule has 0 N–H and O–H groups in total. The third kappa shape index (κ3) is 6.88. The molecule has 2 aliphatic rings. The molecule has 2 saturated heterocycles. The van der Waals surface area contributed by atoms with E-state index in [1.54, 1.807) is 6.07 Å². The minimum Gasteiger partial charge on any atom is -0.334 e. The number of halogens is 2. The smallest absolute Gasteiger partial charge is 0.254 e. The van der Waals surface area contributed by atoms with Gasteiger partial charge in [0.1, 0.15) is 0 Å². The maximum atomic E-state index is 13.8. The monoisotopic (exact) mass is 577 g/mol. The largest absolute Gasteiger partial charge is 0.334 e. The van der Waals surface area contributed by atoms with Gasteiger partial charge in [0.15, 0.2) is 0 Å². The van der Waals surface area contributed by atoms with Crippen LogP contribution in [0.3, 0.4) is 0 Å². The van der Waals surface area contributed by atoms with Gasteiger partial charge in [-0.25, -0.2) is 0 Å². The molecule has 0 radical (unpaired) electrons. The molecule has 0 aliphatic carbocycles. The van der Waals surface area contributed by atoms with E-state index in [4.69, 9.17) is 23.2 Å². The van der Waals surface area contributed by atoms with Gasteiger partial charge in [0.05, 0.1) is 16.1 Å². The first-order valence-corrected chi connectivity index (χ1v) is 14.9. The summed E-state index contributed by atoms with van der Waals surface area (Å²) in [6.45, 7) is 8.39. The fourth-order valence-electron chi connectivity index (χ4n) is 6.11. The third-order valence-corrected chi connectivity index (χ3v) is 8.94. The number of hydrogen-bond donors (Lipinski definition) is 0. The van der Waals surface area contributed by atoms with Gasteiger partial charge >= 0.3 is 0 Å². The second kappa shape index (κ2) is 12.8. The molecule has 2 aliphatic heterocycles. The Labute approximate surface area is 247 Å². The summed E-state index contributed by atoms with van der Waals surface area (Å²) in [5.74, 6) is 0.509. The summed E-state index contributed by atoms with van der Waals surface area (Å²) in [6.07, 6.45) is 2.56. The number of likely N-dealkylation sites (tertiary alicyclic amines) is 1. The van der Waals surface area contributed by atoms with Crippen LogP contribution in [0.15, 0.2) is 66.7 Å². The van der Waals surface area contributed by atoms with E-state index in [9.17, 15) is 9.59 Å². The highest BCUT2D eigenvalue weighted by atomic mass is 35.5. The Morgan fingerprint density at radius 3 is 2.20 bits per heavy atom. The molecule has 0 unspecified atom stereocenters. The predicted molar refractivity (Wildman–Crippen MR) is 162 cm³/mol. The topological polar surface area (TPSA) is 43.9 Å². The lowest BCUT2D eigenvalue weighted by Crippen LogP contribution is -2.52. The molecule has 2 fully saturated rings. The minimum absolute atomic E-state index is 0.00486. The van der Waals surface area contributed by atoms with Gasteiger partial charge in [-0.2, -0.15) is 0 Å². The molecule has 210 valence electrons. The molecule has 0 spiro atoms. The molecule has 3 aromatic rings. The molecule has 2 amide bonds. The number of nitrogens with zero attached hydrogens (tertiary/aromatic N) is 3. The summed E-state index contributed by atoms with van der Waals surface area (Å²) in [4.78, 5) is 33.6. The maximum Gasteiger partial charge on any atom is 0.254 e. The first-order chi connectivity index (χ1) is 19.3. The summed E-state index contributed by atoms with van der Waals surface area (Å²) in [6, 6.07) is 21.7. The van der Waals surface area contributed by atoms with Gasteiger partial charge < -0.3 is 9.80 Å². The van der Waals surface area contributed by atoms with E-state index in [-0.39, 0.29) is 17.9 Å². The zero-order valence-electron chi connectivity index (χ0n) is 23.3. The second-order valence-corrected chi connectivity index (χ2v) is 12.1. The summed E-state index contributed by atoms with van der Waals surface area (Å²) < 4.78 is 0. The SMILES string of the molecule is Cc1cc(C)cc(C(=O)N2CCN(C(=O)CC3CCN(Cc4ccccc4)CC3)[C@H](c3ccc(Cl)c(Cl)c3)C2)c1. The van der Waals surface area contributed by atoms with E-state index in [1.807, 2.05) is 54.0 Å². The molecule has 2 heterocycles. The minimum atomic E-state index is -0.274. The van der Waals surface area contributed by atoms with Crippen LogP contribution in [0.2, 0.25) is 10.0 Å². The van der Waals surface area contributed by atoms with Crippen molar-refractivity contribution < 1.29 is 9.59 Å². The van der Waals surface area contributed by atoms with Crippen LogP contribution >= 0.6 is 23.2 Å². The average molecular weight is 579 g/mol. The van der Waals surface area contributed by atoms with Crippen LogP contribution in [0.25, 0.3) is 0 Å². The van der Waals surface area contributed by atoms with Crippen molar-refractivity contribution >= 4 is 35.0 Å². The molecule has 5 rings (SSSR count). The Bertz CT molecular complexity index is 1330. The van der Waals surface area contributed by atoms with Crippen LogP contribution in [-0.4, -0.2) is 59.2 Å². The number of piperidine rings is 1. The number of rotatable bonds is 6. The second-order valence-electron chi connectivity index (χ2n) is 11.3. The van der Waals surface area contributed by atoms with Gasteiger partial charge in [0, 0.05) is 38.2 Å². The first kappa shape index (κ1) is 28.7. The van der Waals surface area contributed by atoms with E-state index in [0.29, 0.717) is 47.6 Å². The van der Waals surface area contributed by atoms with Crippen molar-refractivity contribution in [3.8, 4) is 0 Å². The van der Waals surface area contributed by atoms with E-state index in [2.05, 4.69) is 35.2 Å². The van der Waals surface area contributed by atoms with Crippen LogP contribution < -0.4 is 0 Å². The zero-order chi connectivity index (χ0) is 28.2. The van der Waals surface area contributed by atoms with Crippen molar-refractivity contribution in [1.82, 2.24) is 14.7 Å². The standard InChI is InChI=1S/C33H37Cl2N3O2/c1-23-16-24(2)18-28(17-23)33(40)37-14-15-38(31(22-37)27-8-9-29(34)30(35)20-27)32(39)19-25-10-12-36(13-11-25)21-26-6-4-3-5-7-26/h3-9,16-18,20,25,31H,10-15,19,21-22H2,1-2H3/t31-/m0/s1. The van der Waals surface area contributed by atoms with Crippen LogP contribution in [-0.2, 0) is 11.3 Å². The van der Waals surface area contributed by atoms with Crippen LogP contribution in [0, 0.1) is 19.8 Å². The van der Waals surface area contributed by atoms with Crippen LogP contribution in [0.4, 0.5) is 0 Å². The van der Waals surface area contributed by atoms with Gasteiger partial charge in [0.25, 0.3) is 5.91 Å². The lowest BCUT2D eigenvalue weighted by Gasteiger charge is -2.42. The molecule has 7 heteroatoms. The predicted octanol–water partition coefficient (Wildman–Crippen LogP) is 6.94. The van der Waals surface area contributed by atoms with Crippen molar-refractivity contribution in [2.75, 3.05) is 32.7 Å². The van der Waals surface area contributed by atoms with Crippen molar-refractivity contribution in [2.45, 2.75) is 45.7 Å². The number of carbonyl (C=O) groups is 2. The Balaban J connectivity index is 1.27. The van der Waals surface area contributed by atoms with Crippen molar-refractivity contribution in [3.05, 3.63) is 105 Å². The molecule has 5 nitrogen and oxygen atoms in total. The normalized spacial score (nSPS) is 18.6. The van der Waals surface area contributed by atoms with E-state index in [0.717, 1.165) is 49.2 Å². The maximum absolute atomic E-state index is 13.8. The van der Waals surface area contributed by atoms with E-state index in [1.165, 1.54) is 5.56 Å². The molecule has 40 heavy (non-hydrogen) atoms. The lowest BCUT2D eigenvalue weighted by molar-refractivity contribution is -0.137. The van der Waals surface area contributed by atoms with Crippen LogP contribution in [0.5, 0.6) is 0 Å². The summed E-state index contributed by atoms with van der Waals surface area (Å²) in [5.41, 5.74) is 5.04. The van der Waals surface area contributed by atoms with Gasteiger partial charge in [-0.1, -0.05) is 76.8 Å². The highest BCUT2D eigenvalue weighted by molar-refractivity contribution is 6.42. The molecule has 0 bridgehead atoms. The Morgan fingerprint density at radius 2 is 1.52 bits per heavy atom. The van der Waals surface area contributed by atoms with Crippen molar-refractivity contribution in [3.63, 3.8) is 0 Å². The van der Waals surface area contributed by atoms with Crippen molar-refractivity contribution in [1.29, 1.82) is 0 Å². The fraction of sp³-hybridized carbons (Fsp3) is 0.394. The number of hydrogen-bond acceptors (Lipinski definition) is 3. The van der Waals surface area contributed by atoms with Gasteiger partial charge in [0.2, 0.25) is 5.91 Å². The van der Waals surface area contributed by atoms with Gasteiger partial charge in [-0.05, 0) is 81.1 Å². The number of carbonyl (C=O) groups excluding carboxylic acids is 2. The van der Waals surface area contributed by atoms with Gasteiger partial charge in [-0.3, -0.25) is 14.5 Å². The Kier molecular flexibility index (Phi) is 9.14. The molecule has 0 aromatic heterocycles. The number of aryl methyl sites for hydroxylation is 2. The average Bonchev–Trinajstić information content (AvgIpc) is 2.95. The Morgan fingerprint density at radius 1 is 0.825 bits per heavy atom. The lowest BCUT2D eigenvalue weighted by atomic mass is 9.91. The van der Waals surface area contributed by atoms with Crippen LogP contribution in [0.1, 0.15) is 57.9 Å².